The number of benzene rings is 1. The van der Waals surface area contributed by atoms with Gasteiger partial charge in [-0.3, -0.25) is 4.79 Å². The summed E-state index contributed by atoms with van der Waals surface area (Å²) in [6.45, 7) is 4.15. The van der Waals surface area contributed by atoms with E-state index in [4.69, 9.17) is 11.6 Å². The summed E-state index contributed by atoms with van der Waals surface area (Å²) >= 11 is 6.21. The average molecular weight is 325 g/mol. The third kappa shape index (κ3) is 3.90. The molecule has 0 unspecified atom stereocenters. The summed E-state index contributed by atoms with van der Waals surface area (Å²) in [4.78, 5) is 27.4. The summed E-state index contributed by atoms with van der Waals surface area (Å²) < 4.78 is 0. The Balaban J connectivity index is 2.12. The summed E-state index contributed by atoms with van der Waals surface area (Å²) in [6, 6.07) is 4.97. The predicted octanol–water partition coefficient (Wildman–Crippen LogP) is 1.87. The van der Waals surface area contributed by atoms with Gasteiger partial charge in [0.2, 0.25) is 0 Å². The van der Waals surface area contributed by atoms with Gasteiger partial charge < -0.3 is 20.4 Å². The highest BCUT2D eigenvalue weighted by molar-refractivity contribution is 6.34. The van der Waals surface area contributed by atoms with Gasteiger partial charge in [-0.1, -0.05) is 11.6 Å². The standard InChI is InChI=1S/C15H21ClN4O2/c1-10-9-20(7-6-17-10)14(21)12-5-4-11(8-13(12)16)18-15(22)19(2)3/h4-5,8,10,17H,6-7,9H2,1-3H3,(H,18,22)/t10-/m1/s1. The largest absolute Gasteiger partial charge is 0.336 e. The van der Waals surface area contributed by atoms with Crippen LogP contribution in [0.3, 0.4) is 0 Å². The molecular formula is C15H21ClN4O2. The normalized spacial score (nSPS) is 18.0. The number of anilines is 1. The number of piperazine rings is 1. The second-order valence-corrected chi connectivity index (χ2v) is 6.03. The summed E-state index contributed by atoms with van der Waals surface area (Å²) in [5.41, 5.74) is 1.02. The van der Waals surface area contributed by atoms with Crippen LogP contribution in [0.25, 0.3) is 0 Å². The Morgan fingerprint density at radius 3 is 2.73 bits per heavy atom. The quantitative estimate of drug-likeness (QED) is 0.873. The van der Waals surface area contributed by atoms with E-state index in [2.05, 4.69) is 10.6 Å². The van der Waals surface area contributed by atoms with E-state index in [9.17, 15) is 9.59 Å². The molecule has 1 fully saturated rings. The first-order valence-corrected chi connectivity index (χ1v) is 7.57. The number of carbonyl (C=O) groups excluding carboxylic acids is 2. The number of carbonyl (C=O) groups is 2. The maximum atomic E-state index is 12.5. The zero-order valence-electron chi connectivity index (χ0n) is 13.0. The van der Waals surface area contributed by atoms with Gasteiger partial charge in [-0.05, 0) is 25.1 Å². The lowest BCUT2D eigenvalue weighted by Crippen LogP contribution is -2.51. The monoisotopic (exact) mass is 324 g/mol. The molecule has 6 nitrogen and oxygen atoms in total. The van der Waals surface area contributed by atoms with Crippen molar-refractivity contribution in [3.63, 3.8) is 0 Å². The molecule has 1 aliphatic rings. The van der Waals surface area contributed by atoms with Crippen molar-refractivity contribution in [3.8, 4) is 0 Å². The van der Waals surface area contributed by atoms with Crippen LogP contribution >= 0.6 is 11.6 Å². The van der Waals surface area contributed by atoms with Crippen molar-refractivity contribution in [2.24, 2.45) is 0 Å². The van der Waals surface area contributed by atoms with E-state index in [1.165, 1.54) is 4.90 Å². The Hall–Kier alpha value is -1.79. The molecule has 7 heteroatoms. The minimum atomic E-state index is -0.244. The summed E-state index contributed by atoms with van der Waals surface area (Å²) in [5, 5.41) is 6.34. The van der Waals surface area contributed by atoms with Gasteiger partial charge in [0.1, 0.15) is 0 Å². The zero-order valence-corrected chi connectivity index (χ0v) is 13.8. The van der Waals surface area contributed by atoms with Crippen LogP contribution in [0.1, 0.15) is 17.3 Å². The topological polar surface area (TPSA) is 64.7 Å². The minimum absolute atomic E-state index is 0.0798. The van der Waals surface area contributed by atoms with E-state index in [1.807, 2.05) is 6.92 Å². The van der Waals surface area contributed by atoms with Crippen molar-refractivity contribution < 1.29 is 9.59 Å². The van der Waals surface area contributed by atoms with Crippen LogP contribution < -0.4 is 10.6 Å². The molecule has 3 amide bonds. The first-order valence-electron chi connectivity index (χ1n) is 7.19. The maximum Gasteiger partial charge on any atom is 0.321 e. The third-order valence-electron chi connectivity index (χ3n) is 3.51. The van der Waals surface area contributed by atoms with Crippen LogP contribution in [0.5, 0.6) is 0 Å². The van der Waals surface area contributed by atoms with Gasteiger partial charge in [-0.25, -0.2) is 4.79 Å². The van der Waals surface area contributed by atoms with E-state index in [-0.39, 0.29) is 18.0 Å². The number of nitrogens with zero attached hydrogens (tertiary/aromatic N) is 2. The maximum absolute atomic E-state index is 12.5. The number of halogens is 1. The van der Waals surface area contributed by atoms with Gasteiger partial charge >= 0.3 is 6.03 Å². The van der Waals surface area contributed by atoms with Crippen LogP contribution in [0.2, 0.25) is 5.02 Å². The number of nitrogens with one attached hydrogen (secondary N) is 2. The van der Waals surface area contributed by atoms with Crippen molar-refractivity contribution in [3.05, 3.63) is 28.8 Å². The number of hydrogen-bond donors (Lipinski definition) is 2. The molecule has 1 heterocycles. The number of urea groups is 1. The van der Waals surface area contributed by atoms with Gasteiger partial charge in [0, 0.05) is 45.5 Å². The van der Waals surface area contributed by atoms with Crippen LogP contribution in [0, 0.1) is 0 Å². The molecule has 120 valence electrons. The molecule has 0 radical (unpaired) electrons. The van der Waals surface area contributed by atoms with E-state index in [1.54, 1.807) is 37.2 Å². The summed E-state index contributed by atoms with van der Waals surface area (Å²) in [5.74, 6) is -0.0798. The smallest absolute Gasteiger partial charge is 0.321 e. The SMILES string of the molecule is C[C@@H]1CN(C(=O)c2ccc(NC(=O)N(C)C)cc2Cl)CCN1. The molecule has 1 aliphatic heterocycles. The Labute approximate surface area is 135 Å². The molecule has 1 aromatic carbocycles. The fraction of sp³-hybridized carbons (Fsp3) is 0.467. The highest BCUT2D eigenvalue weighted by Gasteiger charge is 2.23. The highest BCUT2D eigenvalue weighted by Crippen LogP contribution is 2.23. The molecule has 0 saturated carbocycles. The van der Waals surface area contributed by atoms with Crippen molar-refractivity contribution in [2.45, 2.75) is 13.0 Å². The van der Waals surface area contributed by atoms with Crippen LogP contribution in [-0.4, -0.2) is 61.5 Å². The minimum Gasteiger partial charge on any atom is -0.336 e. The third-order valence-corrected chi connectivity index (χ3v) is 3.83. The lowest BCUT2D eigenvalue weighted by atomic mass is 10.1. The van der Waals surface area contributed by atoms with Crippen molar-refractivity contribution in [1.29, 1.82) is 0 Å². The van der Waals surface area contributed by atoms with Crippen molar-refractivity contribution in [2.75, 3.05) is 39.0 Å². The average Bonchev–Trinajstić information content (AvgIpc) is 2.46. The number of hydrogen-bond acceptors (Lipinski definition) is 3. The van der Waals surface area contributed by atoms with E-state index in [0.29, 0.717) is 29.4 Å². The first-order chi connectivity index (χ1) is 10.4. The van der Waals surface area contributed by atoms with Crippen LogP contribution in [-0.2, 0) is 0 Å². The van der Waals surface area contributed by atoms with Crippen molar-refractivity contribution in [1.82, 2.24) is 15.1 Å². The zero-order chi connectivity index (χ0) is 16.3. The molecule has 0 aliphatic carbocycles. The lowest BCUT2D eigenvalue weighted by Gasteiger charge is -2.32. The fourth-order valence-corrected chi connectivity index (χ4v) is 2.55. The Morgan fingerprint density at radius 2 is 2.14 bits per heavy atom. The van der Waals surface area contributed by atoms with Gasteiger partial charge in [0.05, 0.1) is 10.6 Å². The predicted molar refractivity (Wildman–Crippen MR) is 87.5 cm³/mol. The van der Waals surface area contributed by atoms with Gasteiger partial charge in [-0.2, -0.15) is 0 Å². The molecule has 2 rings (SSSR count). The second-order valence-electron chi connectivity index (χ2n) is 5.63. The molecule has 1 atom stereocenters. The number of rotatable bonds is 2. The molecule has 0 bridgehead atoms. The summed E-state index contributed by atoms with van der Waals surface area (Å²) in [6.07, 6.45) is 0. The highest BCUT2D eigenvalue weighted by atomic mass is 35.5. The van der Waals surface area contributed by atoms with E-state index in [0.717, 1.165) is 6.54 Å². The Kier molecular flexibility index (Phi) is 5.26. The van der Waals surface area contributed by atoms with Crippen LogP contribution in [0.15, 0.2) is 18.2 Å². The van der Waals surface area contributed by atoms with Crippen molar-refractivity contribution >= 4 is 29.2 Å². The van der Waals surface area contributed by atoms with Gasteiger partial charge in [-0.15, -0.1) is 0 Å². The molecule has 22 heavy (non-hydrogen) atoms. The molecule has 2 N–H and O–H groups in total. The Bertz CT molecular complexity index is 577. The molecule has 0 spiro atoms. The Morgan fingerprint density at radius 1 is 1.41 bits per heavy atom. The molecule has 0 aromatic heterocycles. The lowest BCUT2D eigenvalue weighted by molar-refractivity contribution is 0.0709. The summed E-state index contributed by atoms with van der Waals surface area (Å²) in [7, 11) is 3.31. The molecular weight excluding hydrogens is 304 g/mol. The van der Waals surface area contributed by atoms with Crippen LogP contribution in [0.4, 0.5) is 10.5 Å². The van der Waals surface area contributed by atoms with E-state index < -0.39 is 0 Å². The second kappa shape index (κ2) is 6.98. The fourth-order valence-electron chi connectivity index (χ4n) is 2.29. The number of amides is 3. The molecule has 1 saturated heterocycles. The first kappa shape index (κ1) is 16.6. The molecule has 1 aromatic rings. The van der Waals surface area contributed by atoms with Gasteiger partial charge in [0.15, 0.2) is 0 Å². The van der Waals surface area contributed by atoms with Gasteiger partial charge in [0.25, 0.3) is 5.91 Å². The van der Waals surface area contributed by atoms with E-state index >= 15 is 0 Å².